The number of carbonyl (C=O) groups excluding carboxylic acids is 1. The third kappa shape index (κ3) is 6.55. The Morgan fingerprint density at radius 3 is 2.47 bits per heavy atom. The maximum atomic E-state index is 11.5. The van der Waals surface area contributed by atoms with Crippen molar-refractivity contribution in [3.8, 4) is 6.07 Å². The van der Waals surface area contributed by atoms with Gasteiger partial charge in [0.1, 0.15) is 5.60 Å². The highest BCUT2D eigenvalue weighted by molar-refractivity contribution is 5.69. The van der Waals surface area contributed by atoms with Gasteiger partial charge in [0.2, 0.25) is 0 Å². The second-order valence-electron chi connectivity index (χ2n) is 4.40. The standard InChI is InChI=1S/C11H18N2O2/c1-9(6-7-12)8-13(5)10(14)15-11(2,3)4/h8H,6H2,1-5H3. The smallest absolute Gasteiger partial charge is 0.414 e. The Balaban J connectivity index is 4.35. The molecule has 84 valence electrons. The van der Waals surface area contributed by atoms with Crippen molar-refractivity contribution in [2.75, 3.05) is 7.05 Å². The van der Waals surface area contributed by atoms with Crippen LogP contribution in [0.15, 0.2) is 11.8 Å². The first-order valence-electron chi connectivity index (χ1n) is 4.76. The van der Waals surface area contributed by atoms with E-state index in [1.807, 2.05) is 26.8 Å². The van der Waals surface area contributed by atoms with E-state index >= 15 is 0 Å². The fourth-order valence-corrected chi connectivity index (χ4v) is 0.888. The zero-order valence-electron chi connectivity index (χ0n) is 10.00. The van der Waals surface area contributed by atoms with Crippen molar-refractivity contribution < 1.29 is 9.53 Å². The molecule has 0 aliphatic rings. The second-order valence-corrected chi connectivity index (χ2v) is 4.40. The predicted octanol–water partition coefficient (Wildman–Crippen LogP) is 2.67. The van der Waals surface area contributed by atoms with Crippen LogP contribution in [0.3, 0.4) is 0 Å². The molecule has 0 rings (SSSR count). The fourth-order valence-electron chi connectivity index (χ4n) is 0.888. The number of carbonyl (C=O) groups is 1. The van der Waals surface area contributed by atoms with Crippen LogP contribution in [0.5, 0.6) is 0 Å². The van der Waals surface area contributed by atoms with E-state index in [0.717, 1.165) is 5.57 Å². The lowest BCUT2D eigenvalue weighted by Crippen LogP contribution is -2.31. The van der Waals surface area contributed by atoms with Gasteiger partial charge in [0, 0.05) is 13.2 Å². The summed E-state index contributed by atoms with van der Waals surface area (Å²) < 4.78 is 5.14. The minimum Gasteiger partial charge on any atom is -0.443 e. The van der Waals surface area contributed by atoms with E-state index in [1.54, 1.807) is 20.2 Å². The molecule has 0 saturated heterocycles. The Bertz CT molecular complexity index is 295. The lowest BCUT2D eigenvalue weighted by atomic mass is 10.2. The van der Waals surface area contributed by atoms with E-state index in [9.17, 15) is 4.79 Å². The first kappa shape index (κ1) is 13.5. The molecule has 0 N–H and O–H groups in total. The summed E-state index contributed by atoms with van der Waals surface area (Å²) in [7, 11) is 1.61. The molecule has 0 heterocycles. The maximum Gasteiger partial charge on any atom is 0.414 e. The topological polar surface area (TPSA) is 53.3 Å². The van der Waals surface area contributed by atoms with Gasteiger partial charge < -0.3 is 4.74 Å². The Morgan fingerprint density at radius 2 is 2.07 bits per heavy atom. The molecule has 1 amide bonds. The zero-order chi connectivity index (χ0) is 12.1. The van der Waals surface area contributed by atoms with Gasteiger partial charge in [-0.05, 0) is 33.3 Å². The Morgan fingerprint density at radius 1 is 1.53 bits per heavy atom. The van der Waals surface area contributed by atoms with Crippen LogP contribution < -0.4 is 0 Å². The first-order valence-corrected chi connectivity index (χ1v) is 4.76. The van der Waals surface area contributed by atoms with Crippen molar-refractivity contribution in [1.29, 1.82) is 5.26 Å². The quantitative estimate of drug-likeness (QED) is 0.704. The molecular formula is C11H18N2O2. The predicted molar refractivity (Wildman–Crippen MR) is 58.0 cm³/mol. The second kappa shape index (κ2) is 5.40. The number of nitrogens with zero attached hydrogens (tertiary/aromatic N) is 2. The molecule has 0 radical (unpaired) electrons. The monoisotopic (exact) mass is 210 g/mol. The van der Waals surface area contributed by atoms with Crippen LogP contribution in [0.25, 0.3) is 0 Å². The van der Waals surface area contributed by atoms with Gasteiger partial charge in [-0.25, -0.2) is 4.79 Å². The Hall–Kier alpha value is -1.50. The molecule has 0 aromatic heterocycles. The first-order chi connectivity index (χ1) is 6.76. The number of allylic oxidation sites excluding steroid dienone is 1. The van der Waals surface area contributed by atoms with Crippen LogP contribution in [-0.4, -0.2) is 23.6 Å². The average molecular weight is 210 g/mol. The fraction of sp³-hybridized carbons (Fsp3) is 0.636. The van der Waals surface area contributed by atoms with Gasteiger partial charge in [-0.1, -0.05) is 0 Å². The van der Waals surface area contributed by atoms with Crippen LogP contribution in [0.2, 0.25) is 0 Å². The highest BCUT2D eigenvalue weighted by Crippen LogP contribution is 2.10. The van der Waals surface area contributed by atoms with E-state index in [1.165, 1.54) is 4.90 Å². The molecule has 0 bridgehead atoms. The summed E-state index contributed by atoms with van der Waals surface area (Å²) in [6.45, 7) is 7.23. The molecule has 0 unspecified atom stereocenters. The van der Waals surface area contributed by atoms with E-state index in [2.05, 4.69) is 0 Å². The molecule has 0 aliphatic carbocycles. The Labute approximate surface area is 91.1 Å². The number of hydrogen-bond donors (Lipinski definition) is 0. The molecule has 0 aromatic rings. The summed E-state index contributed by atoms with van der Waals surface area (Å²) in [6, 6.07) is 2.01. The summed E-state index contributed by atoms with van der Waals surface area (Å²) in [4.78, 5) is 12.8. The number of amides is 1. The van der Waals surface area contributed by atoms with E-state index in [0.29, 0.717) is 6.42 Å². The van der Waals surface area contributed by atoms with Crippen LogP contribution in [-0.2, 0) is 4.74 Å². The Kier molecular flexibility index (Phi) is 4.86. The van der Waals surface area contributed by atoms with Crippen molar-refractivity contribution in [2.24, 2.45) is 0 Å². The van der Waals surface area contributed by atoms with Crippen LogP contribution in [0.4, 0.5) is 4.79 Å². The molecule has 4 nitrogen and oxygen atoms in total. The molecule has 4 heteroatoms. The van der Waals surface area contributed by atoms with Crippen LogP contribution in [0.1, 0.15) is 34.1 Å². The van der Waals surface area contributed by atoms with Crippen molar-refractivity contribution in [3.63, 3.8) is 0 Å². The lowest BCUT2D eigenvalue weighted by molar-refractivity contribution is 0.0371. The van der Waals surface area contributed by atoms with E-state index in [4.69, 9.17) is 10.00 Å². The van der Waals surface area contributed by atoms with Gasteiger partial charge in [0.15, 0.2) is 0 Å². The van der Waals surface area contributed by atoms with Crippen molar-refractivity contribution in [2.45, 2.75) is 39.7 Å². The molecule has 15 heavy (non-hydrogen) atoms. The zero-order valence-corrected chi connectivity index (χ0v) is 10.00. The van der Waals surface area contributed by atoms with Crippen molar-refractivity contribution >= 4 is 6.09 Å². The number of nitriles is 1. The minimum absolute atomic E-state index is 0.313. The summed E-state index contributed by atoms with van der Waals surface area (Å²) in [5.74, 6) is 0. The van der Waals surface area contributed by atoms with Gasteiger partial charge in [0.25, 0.3) is 0 Å². The van der Waals surface area contributed by atoms with E-state index < -0.39 is 11.7 Å². The summed E-state index contributed by atoms with van der Waals surface area (Å²) in [6.07, 6.45) is 1.50. The number of rotatable bonds is 2. The molecule has 0 spiro atoms. The molecule has 0 saturated carbocycles. The molecular weight excluding hydrogens is 192 g/mol. The van der Waals surface area contributed by atoms with Gasteiger partial charge in [0.05, 0.1) is 12.5 Å². The normalized spacial score (nSPS) is 11.9. The summed E-state index contributed by atoms with van der Waals surface area (Å²) in [5.41, 5.74) is 0.327. The largest absolute Gasteiger partial charge is 0.443 e. The summed E-state index contributed by atoms with van der Waals surface area (Å²) in [5, 5.41) is 8.45. The SMILES string of the molecule is CC(=CN(C)C(=O)OC(C)(C)C)CC#N. The van der Waals surface area contributed by atoms with Crippen LogP contribution in [0, 0.1) is 11.3 Å². The highest BCUT2D eigenvalue weighted by Gasteiger charge is 2.18. The van der Waals surface area contributed by atoms with E-state index in [-0.39, 0.29) is 0 Å². The van der Waals surface area contributed by atoms with Crippen molar-refractivity contribution in [3.05, 3.63) is 11.8 Å². The number of ether oxygens (including phenoxy) is 1. The summed E-state index contributed by atoms with van der Waals surface area (Å²) >= 11 is 0. The van der Waals surface area contributed by atoms with Crippen molar-refractivity contribution in [1.82, 2.24) is 4.90 Å². The van der Waals surface area contributed by atoms with Crippen LogP contribution >= 0.6 is 0 Å². The average Bonchev–Trinajstić information content (AvgIpc) is 2.00. The minimum atomic E-state index is -0.498. The third-order valence-corrected chi connectivity index (χ3v) is 1.45. The molecule has 0 atom stereocenters. The molecule has 0 fully saturated rings. The lowest BCUT2D eigenvalue weighted by Gasteiger charge is -2.23. The van der Waals surface area contributed by atoms with Gasteiger partial charge in [-0.3, -0.25) is 4.90 Å². The molecule has 0 aliphatic heterocycles. The van der Waals surface area contributed by atoms with Gasteiger partial charge in [-0.15, -0.1) is 0 Å². The maximum absolute atomic E-state index is 11.5. The number of hydrogen-bond acceptors (Lipinski definition) is 3. The van der Waals surface area contributed by atoms with Gasteiger partial charge in [-0.2, -0.15) is 5.26 Å². The molecule has 0 aromatic carbocycles. The highest BCUT2D eigenvalue weighted by atomic mass is 16.6. The third-order valence-electron chi connectivity index (χ3n) is 1.45. The van der Waals surface area contributed by atoms with Gasteiger partial charge >= 0.3 is 6.09 Å².